The van der Waals surface area contributed by atoms with E-state index in [2.05, 4.69) is 23.7 Å². The lowest BCUT2D eigenvalue weighted by atomic mass is 9.82. The maximum Gasteiger partial charge on any atom is 0.337 e. The Morgan fingerprint density at radius 1 is 1.30 bits per heavy atom. The van der Waals surface area contributed by atoms with Crippen LogP contribution in [0.1, 0.15) is 64.0 Å². The summed E-state index contributed by atoms with van der Waals surface area (Å²) in [6.45, 7) is 5.43. The molecular formula is C22H27NO4. The van der Waals surface area contributed by atoms with Gasteiger partial charge < -0.3 is 14.6 Å². The van der Waals surface area contributed by atoms with Crippen LogP contribution in [-0.4, -0.2) is 27.4 Å². The molecule has 0 saturated heterocycles. The third kappa shape index (κ3) is 4.90. The van der Waals surface area contributed by atoms with Crippen LogP contribution in [0.2, 0.25) is 0 Å². The van der Waals surface area contributed by atoms with Gasteiger partial charge in [-0.1, -0.05) is 31.6 Å². The summed E-state index contributed by atoms with van der Waals surface area (Å²) in [6, 6.07) is 1.99. The molecule has 0 aromatic carbocycles. The van der Waals surface area contributed by atoms with Crippen molar-refractivity contribution in [1.82, 2.24) is 4.98 Å². The van der Waals surface area contributed by atoms with Crippen molar-refractivity contribution in [3.05, 3.63) is 41.4 Å². The standard InChI is InChI=1S/C22H27NO4/c1-4-16-11-17(15-23-14-16)9-10-22(25,18-7-5-6-8-18)13-19-12-20(24)27-21(2,3)26-19/h11-12,14-15,18,25H,4-8,13H2,1-3H3. The fraction of sp³-hybridized carbons (Fsp3) is 0.545. The molecule has 1 aliphatic carbocycles. The molecule has 1 saturated carbocycles. The molecule has 1 aromatic heterocycles. The van der Waals surface area contributed by atoms with Gasteiger partial charge in [0.05, 0.1) is 6.08 Å². The van der Waals surface area contributed by atoms with Gasteiger partial charge in [0.25, 0.3) is 0 Å². The molecule has 2 aliphatic rings. The van der Waals surface area contributed by atoms with Crippen LogP contribution < -0.4 is 0 Å². The zero-order chi connectivity index (χ0) is 19.5. The van der Waals surface area contributed by atoms with E-state index >= 15 is 0 Å². The van der Waals surface area contributed by atoms with Crippen LogP contribution in [0.15, 0.2) is 30.3 Å². The van der Waals surface area contributed by atoms with E-state index in [1.54, 1.807) is 20.0 Å². The number of pyridine rings is 1. The van der Waals surface area contributed by atoms with E-state index in [0.717, 1.165) is 43.2 Å². The fourth-order valence-electron chi connectivity index (χ4n) is 3.75. The quantitative estimate of drug-likeness (QED) is 0.650. The van der Waals surface area contributed by atoms with Gasteiger partial charge in [-0.2, -0.15) is 0 Å². The highest BCUT2D eigenvalue weighted by Gasteiger charge is 2.41. The Morgan fingerprint density at radius 2 is 2.04 bits per heavy atom. The topological polar surface area (TPSA) is 68.7 Å². The van der Waals surface area contributed by atoms with Crippen molar-refractivity contribution in [3.8, 4) is 11.8 Å². The summed E-state index contributed by atoms with van der Waals surface area (Å²) in [5.41, 5.74) is 0.635. The number of carbonyl (C=O) groups is 1. The third-order valence-electron chi connectivity index (χ3n) is 5.10. The van der Waals surface area contributed by atoms with Gasteiger partial charge in [0.1, 0.15) is 11.4 Å². The van der Waals surface area contributed by atoms with E-state index < -0.39 is 17.4 Å². The molecular weight excluding hydrogens is 342 g/mol. The van der Waals surface area contributed by atoms with Crippen molar-refractivity contribution in [3.63, 3.8) is 0 Å². The fourth-order valence-corrected chi connectivity index (χ4v) is 3.75. The average Bonchev–Trinajstić information content (AvgIpc) is 3.14. The summed E-state index contributed by atoms with van der Waals surface area (Å²) >= 11 is 0. The first-order valence-electron chi connectivity index (χ1n) is 9.62. The van der Waals surface area contributed by atoms with E-state index in [1.165, 1.54) is 6.08 Å². The summed E-state index contributed by atoms with van der Waals surface area (Å²) in [5, 5.41) is 11.4. The Bertz CT molecular complexity index is 796. The number of aromatic nitrogens is 1. The molecule has 5 heteroatoms. The second kappa shape index (κ2) is 7.74. The average molecular weight is 369 g/mol. The van der Waals surface area contributed by atoms with Gasteiger partial charge >= 0.3 is 5.97 Å². The minimum atomic E-state index is -1.25. The number of cyclic esters (lactones) is 1. The molecule has 1 fully saturated rings. The van der Waals surface area contributed by atoms with Crippen LogP contribution in [0.3, 0.4) is 0 Å². The first kappa shape index (κ1) is 19.4. The number of aryl methyl sites for hydroxylation is 1. The summed E-state index contributed by atoms with van der Waals surface area (Å²) in [7, 11) is 0. The first-order chi connectivity index (χ1) is 12.8. The number of hydrogen-bond donors (Lipinski definition) is 1. The molecule has 3 rings (SSSR count). The molecule has 0 amide bonds. The highest BCUT2D eigenvalue weighted by Crippen LogP contribution is 2.39. The monoisotopic (exact) mass is 369 g/mol. The molecule has 1 N–H and O–H groups in total. The smallest absolute Gasteiger partial charge is 0.337 e. The molecule has 0 bridgehead atoms. The number of rotatable bonds is 4. The van der Waals surface area contributed by atoms with Gasteiger partial charge in [-0.15, -0.1) is 0 Å². The number of hydrogen-bond acceptors (Lipinski definition) is 5. The van der Waals surface area contributed by atoms with Crippen molar-refractivity contribution in [2.24, 2.45) is 5.92 Å². The van der Waals surface area contributed by atoms with Gasteiger partial charge in [-0.25, -0.2) is 4.79 Å². The number of carbonyl (C=O) groups excluding carboxylic acids is 1. The van der Waals surface area contributed by atoms with Crippen molar-refractivity contribution < 1.29 is 19.4 Å². The van der Waals surface area contributed by atoms with E-state index in [-0.39, 0.29) is 12.3 Å². The summed E-state index contributed by atoms with van der Waals surface area (Å²) in [6.07, 6.45) is 9.88. The van der Waals surface area contributed by atoms with Gasteiger partial charge in [-0.05, 0) is 36.8 Å². The van der Waals surface area contributed by atoms with Crippen LogP contribution >= 0.6 is 0 Å². The summed E-state index contributed by atoms with van der Waals surface area (Å²) < 4.78 is 10.9. The predicted molar refractivity (Wildman–Crippen MR) is 101 cm³/mol. The van der Waals surface area contributed by atoms with Crippen molar-refractivity contribution in [2.45, 2.75) is 70.7 Å². The third-order valence-corrected chi connectivity index (χ3v) is 5.10. The second-order valence-electron chi connectivity index (χ2n) is 7.80. The molecule has 1 unspecified atom stereocenters. The second-order valence-corrected chi connectivity index (χ2v) is 7.80. The Hall–Kier alpha value is -2.32. The first-order valence-corrected chi connectivity index (χ1v) is 9.62. The van der Waals surface area contributed by atoms with Crippen LogP contribution in [0.4, 0.5) is 0 Å². The van der Waals surface area contributed by atoms with E-state index in [0.29, 0.717) is 5.76 Å². The molecule has 27 heavy (non-hydrogen) atoms. The number of nitrogens with zero attached hydrogens (tertiary/aromatic N) is 1. The number of ether oxygens (including phenoxy) is 2. The zero-order valence-electron chi connectivity index (χ0n) is 16.2. The molecule has 1 aromatic rings. The Morgan fingerprint density at radius 3 is 2.70 bits per heavy atom. The Kier molecular flexibility index (Phi) is 5.57. The van der Waals surface area contributed by atoms with Crippen molar-refractivity contribution in [1.29, 1.82) is 0 Å². The van der Waals surface area contributed by atoms with E-state index in [9.17, 15) is 9.90 Å². The van der Waals surface area contributed by atoms with Gasteiger partial charge in [0.15, 0.2) is 0 Å². The van der Waals surface area contributed by atoms with Gasteiger partial charge in [-0.3, -0.25) is 4.98 Å². The lowest BCUT2D eigenvalue weighted by Crippen LogP contribution is -2.40. The molecule has 0 radical (unpaired) electrons. The van der Waals surface area contributed by atoms with Gasteiger partial charge in [0, 0.05) is 38.2 Å². The van der Waals surface area contributed by atoms with Gasteiger partial charge in [0.2, 0.25) is 5.79 Å². The lowest BCUT2D eigenvalue weighted by molar-refractivity contribution is -0.207. The number of esters is 1. The van der Waals surface area contributed by atoms with Crippen molar-refractivity contribution in [2.75, 3.05) is 0 Å². The van der Waals surface area contributed by atoms with Crippen LogP contribution in [0, 0.1) is 17.8 Å². The highest BCUT2D eigenvalue weighted by molar-refractivity contribution is 5.83. The Balaban J connectivity index is 1.89. The number of aliphatic hydroxyl groups is 1. The predicted octanol–water partition coefficient (Wildman–Crippen LogP) is 3.50. The van der Waals surface area contributed by atoms with Crippen LogP contribution in [0.25, 0.3) is 0 Å². The summed E-state index contributed by atoms with van der Waals surface area (Å²) in [4.78, 5) is 16.1. The zero-order valence-corrected chi connectivity index (χ0v) is 16.2. The normalized spacial score (nSPS) is 21.3. The Labute approximate surface area is 160 Å². The largest absolute Gasteiger partial charge is 0.457 e. The maximum absolute atomic E-state index is 11.8. The lowest BCUT2D eigenvalue weighted by Gasteiger charge is -2.35. The minimum absolute atomic E-state index is 0.0536. The highest BCUT2D eigenvalue weighted by atomic mass is 16.7. The van der Waals surface area contributed by atoms with E-state index in [1.807, 2.05) is 12.3 Å². The molecule has 1 aliphatic heterocycles. The maximum atomic E-state index is 11.8. The molecule has 5 nitrogen and oxygen atoms in total. The van der Waals surface area contributed by atoms with Crippen LogP contribution in [-0.2, 0) is 20.7 Å². The SMILES string of the molecule is CCc1cncc(C#CC(O)(CC2=CC(=O)OC(C)(C)O2)C2CCCC2)c1. The molecule has 1 atom stereocenters. The molecule has 144 valence electrons. The molecule has 2 heterocycles. The minimum Gasteiger partial charge on any atom is -0.457 e. The molecule has 0 spiro atoms. The van der Waals surface area contributed by atoms with Crippen LogP contribution in [0.5, 0.6) is 0 Å². The van der Waals surface area contributed by atoms with E-state index in [4.69, 9.17) is 9.47 Å². The van der Waals surface area contributed by atoms with Crippen molar-refractivity contribution >= 4 is 5.97 Å². The summed E-state index contributed by atoms with van der Waals surface area (Å²) in [5.74, 6) is 5.16.